The van der Waals surface area contributed by atoms with Crippen LogP contribution < -0.4 is 0 Å². The lowest BCUT2D eigenvalue weighted by Crippen LogP contribution is -2.14. The van der Waals surface area contributed by atoms with Crippen molar-refractivity contribution in [1.82, 2.24) is 0 Å². The predicted octanol–water partition coefficient (Wildman–Crippen LogP) is 4.71. The Morgan fingerprint density at radius 3 is 2.79 bits per heavy atom. The molecule has 2 aliphatic carbocycles. The molecule has 3 rings (SSSR count). The standard InChI is InChI=1S/C17H16ClN/c1-11-12-5-6-14(7-12)17(11)9-15(10-19)13-3-2-4-16(18)8-13/h2-6,8-9,11-12,14,17H,7H2,1H3/b15-9+/t11-,12-,14-,17-/m0/s1. The highest BCUT2D eigenvalue weighted by atomic mass is 35.5. The van der Waals surface area contributed by atoms with Gasteiger partial charge in [0.25, 0.3) is 0 Å². The second-order valence-corrected chi connectivity index (χ2v) is 6.02. The summed E-state index contributed by atoms with van der Waals surface area (Å²) in [6, 6.07) is 9.88. The predicted molar refractivity (Wildman–Crippen MR) is 78.4 cm³/mol. The quantitative estimate of drug-likeness (QED) is 0.564. The molecular weight excluding hydrogens is 254 g/mol. The number of hydrogen-bond donors (Lipinski definition) is 0. The maximum atomic E-state index is 9.41. The van der Waals surface area contributed by atoms with Crippen molar-refractivity contribution < 1.29 is 0 Å². The smallest absolute Gasteiger partial charge is 0.0994 e. The van der Waals surface area contributed by atoms with Crippen molar-refractivity contribution in [2.45, 2.75) is 13.3 Å². The summed E-state index contributed by atoms with van der Waals surface area (Å²) < 4.78 is 0. The lowest BCUT2D eigenvalue weighted by molar-refractivity contribution is 0.404. The normalized spacial score (nSPS) is 32.6. The zero-order chi connectivity index (χ0) is 13.4. The molecule has 1 aromatic rings. The maximum absolute atomic E-state index is 9.41. The minimum atomic E-state index is 0.489. The molecule has 2 heteroatoms. The Labute approximate surface area is 119 Å². The van der Waals surface area contributed by atoms with Gasteiger partial charge in [0, 0.05) is 5.02 Å². The highest BCUT2D eigenvalue weighted by molar-refractivity contribution is 6.30. The van der Waals surface area contributed by atoms with Crippen molar-refractivity contribution in [3.8, 4) is 6.07 Å². The van der Waals surface area contributed by atoms with Crippen molar-refractivity contribution in [3.05, 3.63) is 53.1 Å². The van der Waals surface area contributed by atoms with Crippen LogP contribution in [0.3, 0.4) is 0 Å². The van der Waals surface area contributed by atoms with E-state index in [1.807, 2.05) is 24.3 Å². The summed E-state index contributed by atoms with van der Waals surface area (Å²) in [5.41, 5.74) is 1.68. The van der Waals surface area contributed by atoms with Crippen LogP contribution in [0.15, 0.2) is 42.5 Å². The molecular formula is C17H16ClN. The molecule has 0 amide bonds. The fraction of sp³-hybridized carbons (Fsp3) is 0.353. The Bertz CT molecular complexity index is 594. The van der Waals surface area contributed by atoms with Gasteiger partial charge in [-0.25, -0.2) is 0 Å². The van der Waals surface area contributed by atoms with E-state index in [0.29, 0.717) is 28.7 Å². The van der Waals surface area contributed by atoms with Crippen LogP contribution in [0.2, 0.25) is 5.02 Å². The Morgan fingerprint density at radius 1 is 1.37 bits per heavy atom. The van der Waals surface area contributed by atoms with Crippen LogP contribution in [-0.2, 0) is 0 Å². The van der Waals surface area contributed by atoms with Crippen molar-refractivity contribution in [2.24, 2.45) is 23.7 Å². The van der Waals surface area contributed by atoms with E-state index in [-0.39, 0.29) is 0 Å². The molecule has 2 bridgehead atoms. The topological polar surface area (TPSA) is 23.8 Å². The van der Waals surface area contributed by atoms with E-state index in [2.05, 4.69) is 31.2 Å². The first-order chi connectivity index (χ1) is 9.19. The third-order valence-electron chi connectivity index (χ3n) is 4.54. The van der Waals surface area contributed by atoms with E-state index in [1.165, 1.54) is 6.42 Å². The molecule has 0 aromatic heterocycles. The second-order valence-electron chi connectivity index (χ2n) is 5.59. The van der Waals surface area contributed by atoms with Crippen molar-refractivity contribution >= 4 is 17.2 Å². The average molecular weight is 270 g/mol. The monoisotopic (exact) mass is 269 g/mol. The minimum Gasteiger partial charge on any atom is -0.192 e. The number of rotatable bonds is 2. The summed E-state index contributed by atoms with van der Waals surface area (Å²) in [4.78, 5) is 0. The molecule has 2 aliphatic rings. The van der Waals surface area contributed by atoms with Crippen LogP contribution in [-0.4, -0.2) is 0 Å². The van der Waals surface area contributed by atoms with E-state index in [0.717, 1.165) is 11.1 Å². The van der Waals surface area contributed by atoms with Crippen LogP contribution in [0.5, 0.6) is 0 Å². The van der Waals surface area contributed by atoms with E-state index in [4.69, 9.17) is 11.6 Å². The molecule has 1 saturated carbocycles. The second kappa shape index (κ2) is 4.87. The van der Waals surface area contributed by atoms with Gasteiger partial charge in [0.15, 0.2) is 0 Å². The highest BCUT2D eigenvalue weighted by Gasteiger charge is 2.40. The molecule has 0 unspecified atom stereocenters. The van der Waals surface area contributed by atoms with Gasteiger partial charge in [0.1, 0.15) is 0 Å². The van der Waals surface area contributed by atoms with Crippen molar-refractivity contribution in [2.75, 3.05) is 0 Å². The Morgan fingerprint density at radius 2 is 2.16 bits per heavy atom. The Hall–Kier alpha value is -1.52. The van der Waals surface area contributed by atoms with Crippen LogP contribution >= 0.6 is 11.6 Å². The molecule has 19 heavy (non-hydrogen) atoms. The Kier molecular flexibility index (Phi) is 3.21. The average Bonchev–Trinajstić information content (AvgIpc) is 2.98. The lowest BCUT2D eigenvalue weighted by Gasteiger charge is -2.22. The summed E-state index contributed by atoms with van der Waals surface area (Å²) in [6.45, 7) is 2.29. The molecule has 0 aliphatic heterocycles. The number of nitriles is 1. The largest absolute Gasteiger partial charge is 0.192 e. The van der Waals surface area contributed by atoms with Crippen molar-refractivity contribution in [1.29, 1.82) is 5.26 Å². The fourth-order valence-corrected chi connectivity index (χ4v) is 3.62. The van der Waals surface area contributed by atoms with E-state index >= 15 is 0 Å². The van der Waals surface area contributed by atoms with Gasteiger partial charge in [-0.1, -0.05) is 48.9 Å². The number of nitrogens with zero attached hydrogens (tertiary/aromatic N) is 1. The molecule has 1 nitrogen and oxygen atoms in total. The molecule has 1 aromatic carbocycles. The molecule has 0 saturated heterocycles. The lowest BCUT2D eigenvalue weighted by atomic mass is 9.82. The van der Waals surface area contributed by atoms with Gasteiger partial charge in [-0.2, -0.15) is 5.26 Å². The minimum absolute atomic E-state index is 0.489. The van der Waals surface area contributed by atoms with Crippen LogP contribution in [0, 0.1) is 35.0 Å². The third-order valence-corrected chi connectivity index (χ3v) is 4.78. The molecule has 0 heterocycles. The summed E-state index contributed by atoms with van der Waals surface area (Å²) in [5, 5.41) is 10.1. The Balaban J connectivity index is 1.93. The fourth-order valence-electron chi connectivity index (χ4n) is 3.43. The number of halogens is 1. The zero-order valence-electron chi connectivity index (χ0n) is 10.9. The van der Waals surface area contributed by atoms with Crippen LogP contribution in [0.4, 0.5) is 0 Å². The molecule has 0 spiro atoms. The van der Waals surface area contributed by atoms with Gasteiger partial charge in [-0.15, -0.1) is 0 Å². The van der Waals surface area contributed by atoms with Gasteiger partial charge in [0.2, 0.25) is 0 Å². The first kappa shape index (κ1) is 12.5. The molecule has 1 fully saturated rings. The highest BCUT2D eigenvalue weighted by Crippen LogP contribution is 2.49. The van der Waals surface area contributed by atoms with Gasteiger partial charge in [-0.05, 0) is 47.8 Å². The SMILES string of the molecule is C[C@@H]1[C@H](/C=C(\C#N)c2cccc(Cl)c2)[C@H]2C=C[C@H]1C2. The number of hydrogen-bond acceptors (Lipinski definition) is 1. The van der Waals surface area contributed by atoms with Crippen LogP contribution in [0.1, 0.15) is 18.9 Å². The first-order valence-corrected chi connectivity index (χ1v) is 7.13. The van der Waals surface area contributed by atoms with E-state index < -0.39 is 0 Å². The summed E-state index contributed by atoms with van der Waals surface area (Å²) >= 11 is 6.01. The summed E-state index contributed by atoms with van der Waals surface area (Å²) in [7, 11) is 0. The molecule has 0 N–H and O–H groups in total. The third kappa shape index (κ3) is 2.22. The van der Waals surface area contributed by atoms with Gasteiger partial charge in [0.05, 0.1) is 11.6 Å². The zero-order valence-corrected chi connectivity index (χ0v) is 11.6. The van der Waals surface area contributed by atoms with Gasteiger partial charge in [-0.3, -0.25) is 0 Å². The van der Waals surface area contributed by atoms with Gasteiger partial charge >= 0.3 is 0 Å². The van der Waals surface area contributed by atoms with Crippen LogP contribution in [0.25, 0.3) is 5.57 Å². The van der Waals surface area contributed by atoms with E-state index in [1.54, 1.807) is 0 Å². The molecule has 96 valence electrons. The van der Waals surface area contributed by atoms with E-state index in [9.17, 15) is 5.26 Å². The molecule has 0 radical (unpaired) electrons. The maximum Gasteiger partial charge on any atom is 0.0994 e. The van der Waals surface area contributed by atoms with Gasteiger partial charge < -0.3 is 0 Å². The summed E-state index contributed by atoms with van der Waals surface area (Å²) in [5.74, 6) is 2.44. The number of allylic oxidation sites excluding steroid dienone is 4. The summed E-state index contributed by atoms with van der Waals surface area (Å²) in [6.07, 6.45) is 8.06. The first-order valence-electron chi connectivity index (χ1n) is 6.75. The number of benzene rings is 1. The number of fused-ring (bicyclic) bond motifs is 2. The molecule has 4 atom stereocenters. The van der Waals surface area contributed by atoms with Crippen molar-refractivity contribution in [3.63, 3.8) is 0 Å².